The lowest BCUT2D eigenvalue weighted by atomic mass is 10.1. The largest absolute Gasteiger partial charge is 0.307 e. The van der Waals surface area contributed by atoms with Gasteiger partial charge in [0.2, 0.25) is 0 Å². The fourth-order valence-corrected chi connectivity index (χ4v) is 2.45. The molecule has 1 heterocycles. The van der Waals surface area contributed by atoms with Crippen LogP contribution in [0, 0.1) is 25.2 Å². The number of carbonyl (C=O) groups excluding carboxylic acids is 1. The molecule has 0 unspecified atom stereocenters. The van der Waals surface area contributed by atoms with Gasteiger partial charge in [0, 0.05) is 29.1 Å². The van der Waals surface area contributed by atoms with E-state index in [2.05, 4.69) is 27.0 Å². The van der Waals surface area contributed by atoms with Crippen molar-refractivity contribution in [2.24, 2.45) is 0 Å². The summed E-state index contributed by atoms with van der Waals surface area (Å²) in [4.78, 5) is 18.4. The minimum atomic E-state index is -0.160. The number of nitriles is 1. The first-order valence-corrected chi connectivity index (χ1v) is 7.69. The summed E-state index contributed by atoms with van der Waals surface area (Å²) in [5.74, 6) is -0.160. The second kappa shape index (κ2) is 7.19. The third-order valence-corrected chi connectivity index (χ3v) is 3.88. The maximum absolute atomic E-state index is 12.8. The molecule has 112 valence electrons. The summed E-state index contributed by atoms with van der Waals surface area (Å²) in [6, 6.07) is 9.68. The molecule has 1 aromatic carbocycles. The molecule has 5 heteroatoms. The minimum absolute atomic E-state index is 0.160. The Kier molecular flexibility index (Phi) is 5.29. The number of nitrogens with zero attached hydrogens (tertiary/aromatic N) is 3. The van der Waals surface area contributed by atoms with Crippen LogP contribution in [0.4, 0.5) is 5.69 Å². The number of pyridine rings is 1. The molecule has 2 aromatic rings. The molecule has 1 amide bonds. The van der Waals surface area contributed by atoms with Gasteiger partial charge in [-0.1, -0.05) is 6.07 Å². The van der Waals surface area contributed by atoms with Crippen molar-refractivity contribution in [2.75, 3.05) is 11.4 Å². The number of benzene rings is 1. The molecule has 1 aromatic heterocycles. The number of amides is 1. The van der Waals surface area contributed by atoms with Crippen molar-refractivity contribution in [2.45, 2.75) is 20.3 Å². The van der Waals surface area contributed by atoms with Crippen molar-refractivity contribution in [3.05, 3.63) is 57.8 Å². The van der Waals surface area contributed by atoms with E-state index in [1.54, 1.807) is 17.2 Å². The molecule has 22 heavy (non-hydrogen) atoms. The number of carbonyl (C=O) groups is 1. The van der Waals surface area contributed by atoms with Crippen LogP contribution in [0.3, 0.4) is 0 Å². The zero-order valence-corrected chi connectivity index (χ0v) is 14.1. The molecule has 4 nitrogen and oxygen atoms in total. The van der Waals surface area contributed by atoms with Gasteiger partial charge >= 0.3 is 0 Å². The van der Waals surface area contributed by atoms with Gasteiger partial charge in [0.25, 0.3) is 5.91 Å². The van der Waals surface area contributed by atoms with Gasteiger partial charge in [-0.3, -0.25) is 9.78 Å². The van der Waals surface area contributed by atoms with Gasteiger partial charge in [0.05, 0.1) is 18.1 Å². The second-order valence-electron chi connectivity index (χ2n) is 5.03. The normalized spacial score (nSPS) is 10.1. The van der Waals surface area contributed by atoms with Crippen LogP contribution in [0.25, 0.3) is 0 Å². The number of anilines is 1. The van der Waals surface area contributed by atoms with E-state index in [9.17, 15) is 4.79 Å². The highest BCUT2D eigenvalue weighted by atomic mass is 79.9. The molecule has 0 saturated heterocycles. The van der Waals surface area contributed by atoms with Crippen molar-refractivity contribution in [3.8, 4) is 6.07 Å². The number of hydrogen-bond acceptors (Lipinski definition) is 3. The molecule has 0 aliphatic carbocycles. The highest BCUT2D eigenvalue weighted by Gasteiger charge is 2.18. The molecule has 0 saturated carbocycles. The van der Waals surface area contributed by atoms with Gasteiger partial charge in [0.1, 0.15) is 0 Å². The highest BCUT2D eigenvalue weighted by Crippen LogP contribution is 2.22. The van der Waals surface area contributed by atoms with E-state index >= 15 is 0 Å². The molecule has 0 aliphatic heterocycles. The van der Waals surface area contributed by atoms with Gasteiger partial charge in [-0.25, -0.2) is 0 Å². The first kappa shape index (κ1) is 16.2. The molecule has 0 bridgehead atoms. The third-order valence-electron chi connectivity index (χ3n) is 3.45. The summed E-state index contributed by atoms with van der Waals surface area (Å²) in [6.45, 7) is 4.38. The number of halogens is 1. The lowest BCUT2D eigenvalue weighted by Gasteiger charge is -2.22. The molecular formula is C17H16BrN3O. The van der Waals surface area contributed by atoms with Crippen molar-refractivity contribution in [1.29, 1.82) is 5.26 Å². The SMILES string of the molecule is Cc1ccc(N(CCC#N)C(=O)c2cncc(Br)c2)cc1C. The predicted octanol–water partition coefficient (Wildman–Crippen LogP) is 4.02. The molecular weight excluding hydrogens is 342 g/mol. The molecule has 0 radical (unpaired) electrons. The number of rotatable bonds is 4. The third kappa shape index (κ3) is 3.71. The number of aromatic nitrogens is 1. The molecule has 0 fully saturated rings. The number of aryl methyl sites for hydroxylation is 2. The van der Waals surface area contributed by atoms with E-state index in [0.29, 0.717) is 12.1 Å². The van der Waals surface area contributed by atoms with Crippen LogP contribution in [0.1, 0.15) is 27.9 Å². The van der Waals surface area contributed by atoms with E-state index in [1.807, 2.05) is 32.0 Å². The van der Waals surface area contributed by atoms with Gasteiger partial charge in [-0.05, 0) is 59.1 Å². The van der Waals surface area contributed by atoms with E-state index in [1.165, 1.54) is 11.8 Å². The Bertz CT molecular complexity index is 737. The van der Waals surface area contributed by atoms with Crippen LogP contribution in [0.5, 0.6) is 0 Å². The highest BCUT2D eigenvalue weighted by molar-refractivity contribution is 9.10. The Morgan fingerprint density at radius 1 is 1.27 bits per heavy atom. The summed E-state index contributed by atoms with van der Waals surface area (Å²) in [6.07, 6.45) is 3.44. The Morgan fingerprint density at radius 3 is 2.68 bits per heavy atom. The Labute approximate surface area is 138 Å². The maximum atomic E-state index is 12.8. The van der Waals surface area contributed by atoms with E-state index in [4.69, 9.17) is 5.26 Å². The smallest absolute Gasteiger partial charge is 0.259 e. The minimum Gasteiger partial charge on any atom is -0.307 e. The van der Waals surface area contributed by atoms with E-state index in [-0.39, 0.29) is 12.3 Å². The van der Waals surface area contributed by atoms with Gasteiger partial charge < -0.3 is 4.90 Å². The average molecular weight is 358 g/mol. The first-order chi connectivity index (χ1) is 10.5. The van der Waals surface area contributed by atoms with Crippen molar-refractivity contribution < 1.29 is 4.79 Å². The molecule has 0 N–H and O–H groups in total. The summed E-state index contributed by atoms with van der Waals surface area (Å²) >= 11 is 3.32. The molecule has 0 atom stereocenters. The molecule has 2 rings (SSSR count). The monoisotopic (exact) mass is 357 g/mol. The van der Waals surface area contributed by atoms with Gasteiger partial charge in [-0.2, -0.15) is 5.26 Å². The van der Waals surface area contributed by atoms with Crippen LogP contribution in [-0.4, -0.2) is 17.4 Å². The summed E-state index contributed by atoms with van der Waals surface area (Å²) in [7, 11) is 0. The Balaban J connectivity index is 2.39. The standard InChI is InChI=1S/C17H16BrN3O/c1-12-4-5-16(8-13(12)2)21(7-3-6-19)17(22)14-9-15(18)11-20-10-14/h4-5,8-11H,3,7H2,1-2H3. The first-order valence-electron chi connectivity index (χ1n) is 6.89. The fourth-order valence-electron chi connectivity index (χ4n) is 2.09. The van der Waals surface area contributed by atoms with Crippen LogP contribution < -0.4 is 4.90 Å². The van der Waals surface area contributed by atoms with E-state index < -0.39 is 0 Å². The van der Waals surface area contributed by atoms with Crippen molar-refractivity contribution >= 4 is 27.5 Å². The number of hydrogen-bond donors (Lipinski definition) is 0. The zero-order chi connectivity index (χ0) is 16.1. The van der Waals surface area contributed by atoms with Gasteiger partial charge in [-0.15, -0.1) is 0 Å². The molecule has 0 aliphatic rings. The predicted molar refractivity (Wildman–Crippen MR) is 89.8 cm³/mol. The van der Waals surface area contributed by atoms with Gasteiger partial charge in [0.15, 0.2) is 0 Å². The average Bonchev–Trinajstić information content (AvgIpc) is 2.51. The fraction of sp³-hybridized carbons (Fsp3) is 0.235. The maximum Gasteiger partial charge on any atom is 0.259 e. The topological polar surface area (TPSA) is 57.0 Å². The lowest BCUT2D eigenvalue weighted by molar-refractivity contribution is 0.0987. The Hall–Kier alpha value is -2.19. The molecule has 0 spiro atoms. The summed E-state index contributed by atoms with van der Waals surface area (Å²) in [5, 5.41) is 8.85. The van der Waals surface area contributed by atoms with Crippen LogP contribution >= 0.6 is 15.9 Å². The summed E-state index contributed by atoms with van der Waals surface area (Å²) in [5.41, 5.74) is 3.56. The Morgan fingerprint density at radius 2 is 2.05 bits per heavy atom. The van der Waals surface area contributed by atoms with E-state index in [0.717, 1.165) is 15.7 Å². The van der Waals surface area contributed by atoms with Crippen molar-refractivity contribution in [1.82, 2.24) is 4.98 Å². The van der Waals surface area contributed by atoms with Crippen LogP contribution in [0.15, 0.2) is 41.1 Å². The lowest BCUT2D eigenvalue weighted by Crippen LogP contribution is -2.32. The zero-order valence-electron chi connectivity index (χ0n) is 12.5. The van der Waals surface area contributed by atoms with Crippen LogP contribution in [-0.2, 0) is 0 Å². The quantitative estimate of drug-likeness (QED) is 0.829. The second-order valence-corrected chi connectivity index (χ2v) is 5.94. The van der Waals surface area contributed by atoms with Crippen LogP contribution in [0.2, 0.25) is 0 Å². The summed E-state index contributed by atoms with van der Waals surface area (Å²) < 4.78 is 0.749. The van der Waals surface area contributed by atoms with Crippen molar-refractivity contribution in [3.63, 3.8) is 0 Å².